The van der Waals surface area contributed by atoms with Crippen LogP contribution in [-0.2, 0) is 0 Å². The van der Waals surface area contributed by atoms with Crippen molar-refractivity contribution in [1.82, 2.24) is 5.32 Å². The van der Waals surface area contributed by atoms with Gasteiger partial charge in [0, 0.05) is 25.3 Å². The second-order valence-corrected chi connectivity index (χ2v) is 5.01. The first-order valence-electron chi connectivity index (χ1n) is 6.41. The van der Waals surface area contributed by atoms with E-state index in [9.17, 15) is 22.0 Å². The lowest BCUT2D eigenvalue weighted by Gasteiger charge is -2.34. The van der Waals surface area contributed by atoms with Gasteiger partial charge in [-0.15, -0.1) is 0 Å². The number of hydrogen-bond acceptors (Lipinski definition) is 1. The van der Waals surface area contributed by atoms with E-state index in [-0.39, 0.29) is 31.2 Å². The maximum atomic E-state index is 13.0. The molecule has 1 saturated carbocycles. The van der Waals surface area contributed by atoms with Crippen molar-refractivity contribution in [2.24, 2.45) is 5.92 Å². The van der Waals surface area contributed by atoms with Gasteiger partial charge >= 0.3 is 6.18 Å². The Morgan fingerprint density at radius 3 is 2.22 bits per heavy atom. The first-order valence-corrected chi connectivity index (χ1v) is 6.41. The van der Waals surface area contributed by atoms with Crippen molar-refractivity contribution in [3.8, 4) is 0 Å². The highest BCUT2D eigenvalue weighted by Crippen LogP contribution is 2.38. The molecule has 0 aliphatic heterocycles. The Kier molecular flexibility index (Phi) is 5.37. The van der Waals surface area contributed by atoms with Crippen molar-refractivity contribution in [2.75, 3.05) is 6.54 Å². The van der Waals surface area contributed by atoms with Gasteiger partial charge in [-0.25, -0.2) is 8.78 Å². The third-order valence-electron chi connectivity index (χ3n) is 3.54. The molecule has 1 aliphatic rings. The Morgan fingerprint density at radius 2 is 1.78 bits per heavy atom. The molecule has 0 amide bonds. The van der Waals surface area contributed by atoms with Gasteiger partial charge in [-0.2, -0.15) is 13.2 Å². The van der Waals surface area contributed by atoms with Crippen molar-refractivity contribution < 1.29 is 22.0 Å². The molecular weight excluding hydrogens is 253 g/mol. The van der Waals surface area contributed by atoms with Crippen LogP contribution in [0, 0.1) is 5.92 Å². The third-order valence-corrected chi connectivity index (χ3v) is 3.54. The highest BCUT2D eigenvalue weighted by molar-refractivity contribution is 4.85. The Morgan fingerprint density at radius 1 is 1.22 bits per heavy atom. The van der Waals surface area contributed by atoms with Crippen LogP contribution in [0.25, 0.3) is 0 Å². The lowest BCUT2D eigenvalue weighted by molar-refractivity contribution is -0.138. The maximum Gasteiger partial charge on any atom is 0.389 e. The molecule has 6 heteroatoms. The molecule has 1 rings (SSSR count). The molecule has 1 unspecified atom stereocenters. The van der Waals surface area contributed by atoms with Crippen molar-refractivity contribution in [2.45, 2.75) is 63.6 Å². The Balaban J connectivity index is 2.47. The van der Waals surface area contributed by atoms with Crippen molar-refractivity contribution in [1.29, 1.82) is 0 Å². The average Bonchev–Trinajstić information content (AvgIpc) is 2.23. The molecule has 0 aromatic heterocycles. The van der Waals surface area contributed by atoms with Crippen LogP contribution in [0.4, 0.5) is 22.0 Å². The van der Waals surface area contributed by atoms with E-state index in [0.29, 0.717) is 19.4 Å². The summed E-state index contributed by atoms with van der Waals surface area (Å²) >= 11 is 0. The fraction of sp³-hybridized carbons (Fsp3) is 1.00. The molecule has 0 saturated heterocycles. The molecule has 108 valence electrons. The van der Waals surface area contributed by atoms with Crippen molar-refractivity contribution >= 4 is 0 Å². The first kappa shape index (κ1) is 15.7. The molecule has 1 fully saturated rings. The van der Waals surface area contributed by atoms with Crippen LogP contribution in [0.2, 0.25) is 0 Å². The second kappa shape index (κ2) is 6.17. The van der Waals surface area contributed by atoms with Gasteiger partial charge in [-0.1, -0.05) is 6.92 Å². The van der Waals surface area contributed by atoms with Crippen LogP contribution >= 0.6 is 0 Å². The Labute approximate surface area is 104 Å². The average molecular weight is 273 g/mol. The monoisotopic (exact) mass is 273 g/mol. The van der Waals surface area contributed by atoms with Gasteiger partial charge in [0.15, 0.2) is 0 Å². The summed E-state index contributed by atoms with van der Waals surface area (Å²) in [5.41, 5.74) is 0. The molecule has 0 spiro atoms. The lowest BCUT2D eigenvalue weighted by Crippen LogP contribution is -2.40. The molecule has 1 N–H and O–H groups in total. The van der Waals surface area contributed by atoms with Gasteiger partial charge in [0.2, 0.25) is 5.92 Å². The highest BCUT2D eigenvalue weighted by atomic mass is 19.4. The Hall–Kier alpha value is -0.390. The summed E-state index contributed by atoms with van der Waals surface area (Å²) in [6.07, 6.45) is -4.83. The van der Waals surface area contributed by atoms with Crippen LogP contribution in [-0.4, -0.2) is 24.7 Å². The molecule has 0 heterocycles. The summed E-state index contributed by atoms with van der Waals surface area (Å²) in [7, 11) is 0. The predicted octanol–water partition coefficient (Wildman–Crippen LogP) is 4.13. The Bertz CT molecular complexity index is 241. The molecule has 1 atom stereocenters. The molecule has 18 heavy (non-hydrogen) atoms. The van der Waals surface area contributed by atoms with E-state index in [1.165, 1.54) is 0 Å². The standard InChI is InChI=1S/C12H20F5N/c1-2-18-10(5-8-12(15,16)17)9-3-6-11(13,14)7-4-9/h9-10,18H,2-8H2,1H3. The number of alkyl halides is 5. The fourth-order valence-corrected chi connectivity index (χ4v) is 2.55. The van der Waals surface area contributed by atoms with Gasteiger partial charge in [0.25, 0.3) is 0 Å². The largest absolute Gasteiger partial charge is 0.389 e. The first-order chi connectivity index (χ1) is 8.23. The van der Waals surface area contributed by atoms with Crippen LogP contribution in [0.3, 0.4) is 0 Å². The topological polar surface area (TPSA) is 12.0 Å². The summed E-state index contributed by atoms with van der Waals surface area (Å²) in [6, 6.07) is -0.298. The fourth-order valence-electron chi connectivity index (χ4n) is 2.55. The molecule has 0 aromatic rings. The normalized spacial score (nSPS) is 23.0. The molecule has 0 aromatic carbocycles. The molecule has 1 nitrogen and oxygen atoms in total. The second-order valence-electron chi connectivity index (χ2n) is 5.01. The van der Waals surface area contributed by atoms with Gasteiger partial charge in [0.05, 0.1) is 0 Å². The summed E-state index contributed by atoms with van der Waals surface area (Å²) in [5, 5.41) is 3.01. The minimum atomic E-state index is -4.17. The number of nitrogens with one attached hydrogen (secondary N) is 1. The van der Waals surface area contributed by atoms with Gasteiger partial charge in [0.1, 0.15) is 0 Å². The molecular formula is C12H20F5N. The zero-order valence-electron chi connectivity index (χ0n) is 10.5. The van der Waals surface area contributed by atoms with Gasteiger partial charge < -0.3 is 5.32 Å². The van der Waals surface area contributed by atoms with E-state index in [1.807, 2.05) is 6.92 Å². The summed E-state index contributed by atoms with van der Waals surface area (Å²) in [6.45, 7) is 2.38. The van der Waals surface area contributed by atoms with Crippen molar-refractivity contribution in [3.05, 3.63) is 0 Å². The van der Waals surface area contributed by atoms with Gasteiger partial charge in [-0.3, -0.25) is 0 Å². The smallest absolute Gasteiger partial charge is 0.314 e. The molecule has 1 aliphatic carbocycles. The van der Waals surface area contributed by atoms with Crippen LogP contribution in [0.1, 0.15) is 45.4 Å². The number of rotatable bonds is 5. The van der Waals surface area contributed by atoms with Gasteiger partial charge in [-0.05, 0) is 31.7 Å². The van der Waals surface area contributed by atoms with E-state index in [2.05, 4.69) is 5.32 Å². The minimum Gasteiger partial charge on any atom is -0.314 e. The van der Waals surface area contributed by atoms with Crippen LogP contribution in [0.15, 0.2) is 0 Å². The number of hydrogen-bond donors (Lipinski definition) is 1. The SMILES string of the molecule is CCNC(CCC(F)(F)F)C1CCC(F)(F)CC1. The van der Waals surface area contributed by atoms with E-state index >= 15 is 0 Å². The minimum absolute atomic E-state index is 0.0203. The molecule has 0 radical (unpaired) electrons. The van der Waals surface area contributed by atoms with E-state index in [4.69, 9.17) is 0 Å². The summed E-state index contributed by atoms with van der Waals surface area (Å²) < 4.78 is 62.6. The van der Waals surface area contributed by atoms with E-state index in [1.54, 1.807) is 0 Å². The zero-order chi connectivity index (χ0) is 13.8. The third kappa shape index (κ3) is 5.50. The predicted molar refractivity (Wildman–Crippen MR) is 59.7 cm³/mol. The van der Waals surface area contributed by atoms with E-state index < -0.39 is 18.5 Å². The maximum absolute atomic E-state index is 13.0. The van der Waals surface area contributed by atoms with Crippen LogP contribution < -0.4 is 5.32 Å². The van der Waals surface area contributed by atoms with Crippen molar-refractivity contribution in [3.63, 3.8) is 0 Å². The van der Waals surface area contributed by atoms with Crippen LogP contribution in [0.5, 0.6) is 0 Å². The summed E-state index contributed by atoms with van der Waals surface area (Å²) in [4.78, 5) is 0. The summed E-state index contributed by atoms with van der Waals surface area (Å²) in [5.74, 6) is -2.69. The number of halogens is 5. The van der Waals surface area contributed by atoms with E-state index in [0.717, 1.165) is 0 Å². The quantitative estimate of drug-likeness (QED) is 0.743. The zero-order valence-corrected chi connectivity index (χ0v) is 10.5. The lowest BCUT2D eigenvalue weighted by atomic mass is 9.80. The molecule has 0 bridgehead atoms. The highest BCUT2D eigenvalue weighted by Gasteiger charge is 2.38.